The summed E-state index contributed by atoms with van der Waals surface area (Å²) in [5, 5.41) is 2.99. The highest BCUT2D eigenvalue weighted by Gasteiger charge is 2.24. The number of thiazole rings is 2. The summed E-state index contributed by atoms with van der Waals surface area (Å²) in [5.41, 5.74) is 1.37. The summed E-state index contributed by atoms with van der Waals surface area (Å²) in [4.78, 5) is 48.3. The third-order valence-electron chi connectivity index (χ3n) is 4.91. The van der Waals surface area contributed by atoms with Crippen LogP contribution in [0.2, 0.25) is 0 Å². The van der Waals surface area contributed by atoms with E-state index in [-0.39, 0.29) is 11.3 Å². The van der Waals surface area contributed by atoms with E-state index in [2.05, 4.69) is 15.3 Å². The van der Waals surface area contributed by atoms with Gasteiger partial charge in [0.1, 0.15) is 5.56 Å². The number of Topliss-reactive ketones (excluding diaryl/α,β-unsaturated/α-hetero) is 1. The molecule has 0 atom stereocenters. The van der Waals surface area contributed by atoms with E-state index in [9.17, 15) is 14.4 Å². The Morgan fingerprint density at radius 2 is 1.97 bits per heavy atom. The largest absolute Gasteiger partial charge is 0.298 e. The number of hydrogen-bond donors (Lipinski definition) is 1. The standard InChI is InChI=1S/C21H16N4O3S2/c26-16-8-4-7-15-17(16)30-20(23-15)24-18(27)14-10-22-21-25(19(14)28)11-13(29-21)9-12-5-2-1-3-6-12/h1-3,5-6,10-11H,4,7-9H2,(H,23,24,27). The Hall–Kier alpha value is -3.17. The fraction of sp³-hybridized carbons (Fsp3) is 0.190. The Kier molecular flexibility index (Phi) is 4.76. The highest BCUT2D eigenvalue weighted by molar-refractivity contribution is 7.18. The van der Waals surface area contributed by atoms with E-state index in [1.807, 2.05) is 30.3 Å². The van der Waals surface area contributed by atoms with Crippen LogP contribution in [0.3, 0.4) is 0 Å². The molecule has 3 heterocycles. The van der Waals surface area contributed by atoms with Crippen molar-refractivity contribution in [3.8, 4) is 0 Å². The molecule has 150 valence electrons. The van der Waals surface area contributed by atoms with Crippen LogP contribution in [0.1, 0.15) is 49.0 Å². The van der Waals surface area contributed by atoms with Crippen LogP contribution in [0.5, 0.6) is 0 Å². The van der Waals surface area contributed by atoms with Gasteiger partial charge in [0.25, 0.3) is 11.5 Å². The van der Waals surface area contributed by atoms with Crippen molar-refractivity contribution in [3.05, 3.63) is 79.7 Å². The first-order chi connectivity index (χ1) is 14.6. The zero-order valence-electron chi connectivity index (χ0n) is 15.8. The third-order valence-corrected chi connectivity index (χ3v) is 6.96. The smallest absolute Gasteiger partial charge is 0.271 e. The van der Waals surface area contributed by atoms with Gasteiger partial charge in [-0.3, -0.25) is 24.1 Å². The number of fused-ring (bicyclic) bond motifs is 2. The van der Waals surface area contributed by atoms with Gasteiger partial charge in [0.05, 0.1) is 10.6 Å². The lowest BCUT2D eigenvalue weighted by atomic mass is 10.0. The molecule has 30 heavy (non-hydrogen) atoms. The predicted molar refractivity (Wildman–Crippen MR) is 116 cm³/mol. The number of anilines is 1. The van der Waals surface area contributed by atoms with Gasteiger partial charge in [-0.15, -0.1) is 11.3 Å². The topological polar surface area (TPSA) is 93.4 Å². The molecule has 5 rings (SSSR count). The fourth-order valence-electron chi connectivity index (χ4n) is 3.45. The molecule has 3 aromatic heterocycles. The number of aromatic nitrogens is 3. The van der Waals surface area contributed by atoms with Crippen molar-refractivity contribution in [1.29, 1.82) is 0 Å². The van der Waals surface area contributed by atoms with Crippen molar-refractivity contribution in [2.45, 2.75) is 25.7 Å². The van der Waals surface area contributed by atoms with Gasteiger partial charge in [0.2, 0.25) is 0 Å². The van der Waals surface area contributed by atoms with Gasteiger partial charge in [-0.25, -0.2) is 9.97 Å². The molecular formula is C21H16N4O3S2. The lowest BCUT2D eigenvalue weighted by Gasteiger charge is -2.05. The summed E-state index contributed by atoms with van der Waals surface area (Å²) in [6, 6.07) is 9.95. The second-order valence-corrected chi connectivity index (χ2v) is 9.11. The van der Waals surface area contributed by atoms with E-state index in [1.54, 1.807) is 6.20 Å². The molecule has 1 amide bonds. The van der Waals surface area contributed by atoms with Crippen LogP contribution >= 0.6 is 22.7 Å². The normalized spacial score (nSPS) is 13.4. The van der Waals surface area contributed by atoms with Crippen molar-refractivity contribution >= 4 is 44.5 Å². The summed E-state index contributed by atoms with van der Waals surface area (Å²) in [5.74, 6) is -0.516. The Bertz CT molecular complexity index is 1340. The SMILES string of the molecule is O=C1CCCc2nc(NC(=O)c3cnc4sc(Cc5ccccc5)cn4c3=O)sc21. The molecule has 0 saturated carbocycles. The molecule has 7 nitrogen and oxygen atoms in total. The predicted octanol–water partition coefficient (Wildman–Crippen LogP) is 3.57. The van der Waals surface area contributed by atoms with E-state index in [0.29, 0.717) is 27.8 Å². The number of ketones is 1. The molecule has 0 spiro atoms. The zero-order chi connectivity index (χ0) is 20.7. The maximum Gasteiger partial charge on any atom is 0.271 e. The van der Waals surface area contributed by atoms with Crippen molar-refractivity contribution in [3.63, 3.8) is 0 Å². The fourth-order valence-corrected chi connectivity index (χ4v) is 5.40. The van der Waals surface area contributed by atoms with Crippen LogP contribution in [0.15, 0.2) is 47.5 Å². The summed E-state index contributed by atoms with van der Waals surface area (Å²) >= 11 is 2.58. The van der Waals surface area contributed by atoms with Gasteiger partial charge in [0.15, 0.2) is 15.9 Å². The molecular weight excluding hydrogens is 420 g/mol. The molecule has 4 aromatic rings. The number of nitrogens with one attached hydrogen (secondary N) is 1. The van der Waals surface area contributed by atoms with Gasteiger partial charge >= 0.3 is 0 Å². The van der Waals surface area contributed by atoms with Gasteiger partial charge < -0.3 is 0 Å². The first-order valence-corrected chi connectivity index (χ1v) is 11.1. The summed E-state index contributed by atoms with van der Waals surface area (Å²) in [7, 11) is 0. The Balaban J connectivity index is 1.41. The van der Waals surface area contributed by atoms with E-state index in [0.717, 1.165) is 40.3 Å². The highest BCUT2D eigenvalue weighted by atomic mass is 32.1. The van der Waals surface area contributed by atoms with Gasteiger partial charge in [0, 0.05) is 30.1 Å². The molecule has 1 aliphatic rings. The summed E-state index contributed by atoms with van der Waals surface area (Å²) < 4.78 is 1.41. The minimum absolute atomic E-state index is 0.0571. The van der Waals surface area contributed by atoms with Gasteiger partial charge in [-0.1, -0.05) is 41.7 Å². The Labute approximate surface area is 179 Å². The molecule has 0 saturated heterocycles. The molecule has 1 aliphatic carbocycles. The number of nitrogens with zero attached hydrogens (tertiary/aromatic N) is 3. The average molecular weight is 437 g/mol. The van der Waals surface area contributed by atoms with Crippen LogP contribution < -0.4 is 10.9 Å². The van der Waals surface area contributed by atoms with Crippen LogP contribution in [0, 0.1) is 0 Å². The van der Waals surface area contributed by atoms with Crippen LogP contribution in [-0.4, -0.2) is 26.1 Å². The first kappa shape index (κ1) is 18.8. The Morgan fingerprint density at radius 3 is 2.77 bits per heavy atom. The minimum atomic E-state index is -0.573. The molecule has 0 radical (unpaired) electrons. The van der Waals surface area contributed by atoms with Gasteiger partial charge in [-0.05, 0) is 18.4 Å². The number of hydrogen-bond acceptors (Lipinski definition) is 7. The number of rotatable bonds is 4. The maximum atomic E-state index is 12.9. The summed E-state index contributed by atoms with van der Waals surface area (Å²) in [6.07, 6.45) is 5.73. The lowest BCUT2D eigenvalue weighted by molar-refractivity contribution is 0.0975. The number of aryl methyl sites for hydroxylation is 1. The Morgan fingerprint density at radius 1 is 1.13 bits per heavy atom. The van der Waals surface area contributed by atoms with Crippen LogP contribution in [-0.2, 0) is 12.8 Å². The van der Waals surface area contributed by atoms with Crippen molar-refractivity contribution < 1.29 is 9.59 Å². The van der Waals surface area contributed by atoms with Crippen molar-refractivity contribution in [2.75, 3.05) is 5.32 Å². The van der Waals surface area contributed by atoms with Crippen molar-refractivity contribution in [1.82, 2.24) is 14.4 Å². The minimum Gasteiger partial charge on any atom is -0.298 e. The molecule has 0 bridgehead atoms. The number of carbonyl (C=O) groups excluding carboxylic acids is 2. The molecule has 1 aromatic carbocycles. The molecule has 0 unspecified atom stereocenters. The molecule has 0 fully saturated rings. The van der Waals surface area contributed by atoms with E-state index in [1.165, 1.54) is 21.9 Å². The monoisotopic (exact) mass is 436 g/mol. The quantitative estimate of drug-likeness (QED) is 0.528. The molecule has 0 aliphatic heterocycles. The maximum absolute atomic E-state index is 12.9. The number of benzene rings is 1. The summed E-state index contributed by atoms with van der Waals surface area (Å²) in [6.45, 7) is 0. The van der Waals surface area contributed by atoms with Gasteiger partial charge in [-0.2, -0.15) is 0 Å². The average Bonchev–Trinajstić information content (AvgIpc) is 3.33. The van der Waals surface area contributed by atoms with E-state index in [4.69, 9.17) is 0 Å². The molecule has 9 heteroatoms. The lowest BCUT2D eigenvalue weighted by Crippen LogP contribution is -2.25. The second kappa shape index (κ2) is 7.58. The highest BCUT2D eigenvalue weighted by Crippen LogP contribution is 2.29. The van der Waals surface area contributed by atoms with Crippen LogP contribution in [0.4, 0.5) is 5.13 Å². The number of amides is 1. The van der Waals surface area contributed by atoms with E-state index < -0.39 is 11.5 Å². The third kappa shape index (κ3) is 3.46. The van der Waals surface area contributed by atoms with E-state index >= 15 is 0 Å². The number of carbonyl (C=O) groups is 2. The zero-order valence-corrected chi connectivity index (χ0v) is 17.4. The molecule has 1 N–H and O–H groups in total. The first-order valence-electron chi connectivity index (χ1n) is 9.47. The second-order valence-electron chi connectivity index (χ2n) is 7.02. The van der Waals surface area contributed by atoms with Crippen LogP contribution in [0.25, 0.3) is 4.96 Å². The van der Waals surface area contributed by atoms with Crippen molar-refractivity contribution in [2.24, 2.45) is 0 Å².